The van der Waals surface area contributed by atoms with Gasteiger partial charge in [0.2, 0.25) is 0 Å². The highest BCUT2D eigenvalue weighted by Gasteiger charge is 2.44. The van der Waals surface area contributed by atoms with E-state index in [4.69, 9.17) is 17.3 Å². The van der Waals surface area contributed by atoms with Crippen LogP contribution in [0.25, 0.3) is 0 Å². The van der Waals surface area contributed by atoms with Gasteiger partial charge in [0.25, 0.3) is 0 Å². The Balaban J connectivity index is 1.95. The van der Waals surface area contributed by atoms with E-state index in [0.717, 1.165) is 18.1 Å². The summed E-state index contributed by atoms with van der Waals surface area (Å²) in [5.41, 5.74) is 7.38. The molecule has 19 heavy (non-hydrogen) atoms. The van der Waals surface area contributed by atoms with Gasteiger partial charge in [-0.15, -0.1) is 0 Å². The average molecular weight is 280 g/mol. The van der Waals surface area contributed by atoms with Gasteiger partial charge in [-0.1, -0.05) is 37.6 Å². The number of hydrogen-bond acceptors (Lipinski definition) is 1. The molecule has 0 heterocycles. The maximum Gasteiger partial charge on any atom is 0.188 e. The number of aliphatic imine (C=N–C) groups is 1. The van der Waals surface area contributed by atoms with Crippen LogP contribution in [0.15, 0.2) is 29.3 Å². The molecule has 0 atom stereocenters. The smallest absolute Gasteiger partial charge is 0.188 e. The van der Waals surface area contributed by atoms with Gasteiger partial charge in [-0.25, -0.2) is 0 Å². The van der Waals surface area contributed by atoms with E-state index in [2.05, 4.69) is 36.3 Å². The van der Waals surface area contributed by atoms with Crippen molar-refractivity contribution in [1.29, 1.82) is 0 Å². The van der Waals surface area contributed by atoms with Crippen molar-refractivity contribution in [3.8, 4) is 0 Å². The standard InChI is InChI=1S/C15H22ClN3/c1-11(2)9-18-14(17)19-10-15(7-8-15)12-3-5-13(16)6-4-12/h3-6,11H,7-10H2,1-2H3,(H3,17,18,19). The van der Waals surface area contributed by atoms with Gasteiger partial charge in [0.15, 0.2) is 5.96 Å². The zero-order chi connectivity index (χ0) is 13.9. The SMILES string of the molecule is CC(C)CNC(N)=NCC1(c2ccc(Cl)cc2)CC1. The number of guanidine groups is 1. The second-order valence-corrected chi connectivity index (χ2v) is 6.20. The van der Waals surface area contributed by atoms with Gasteiger partial charge in [-0.3, -0.25) is 4.99 Å². The Kier molecular flexibility index (Phi) is 4.35. The van der Waals surface area contributed by atoms with Crippen LogP contribution in [0.2, 0.25) is 5.02 Å². The second-order valence-electron chi connectivity index (χ2n) is 5.76. The van der Waals surface area contributed by atoms with E-state index in [-0.39, 0.29) is 5.41 Å². The van der Waals surface area contributed by atoms with Crippen LogP contribution in [0.4, 0.5) is 0 Å². The molecular weight excluding hydrogens is 258 g/mol. The third kappa shape index (κ3) is 3.87. The predicted molar refractivity (Wildman–Crippen MR) is 81.7 cm³/mol. The van der Waals surface area contributed by atoms with Crippen LogP contribution < -0.4 is 11.1 Å². The van der Waals surface area contributed by atoms with Crippen LogP contribution in [-0.2, 0) is 5.41 Å². The number of rotatable bonds is 5. The highest BCUT2D eigenvalue weighted by molar-refractivity contribution is 6.30. The van der Waals surface area contributed by atoms with E-state index in [1.54, 1.807) is 0 Å². The van der Waals surface area contributed by atoms with Gasteiger partial charge in [-0.05, 0) is 36.5 Å². The van der Waals surface area contributed by atoms with E-state index < -0.39 is 0 Å². The summed E-state index contributed by atoms with van der Waals surface area (Å²) in [5.74, 6) is 1.12. The van der Waals surface area contributed by atoms with E-state index >= 15 is 0 Å². The molecule has 104 valence electrons. The molecule has 2 rings (SSSR count). The van der Waals surface area contributed by atoms with E-state index in [9.17, 15) is 0 Å². The minimum Gasteiger partial charge on any atom is -0.370 e. The molecule has 1 aliphatic carbocycles. The van der Waals surface area contributed by atoms with Crippen LogP contribution in [0.5, 0.6) is 0 Å². The zero-order valence-electron chi connectivity index (χ0n) is 11.6. The molecule has 0 aliphatic heterocycles. The van der Waals surface area contributed by atoms with Gasteiger partial charge in [0.05, 0.1) is 6.54 Å². The number of benzene rings is 1. The largest absolute Gasteiger partial charge is 0.370 e. The fraction of sp³-hybridized carbons (Fsp3) is 0.533. The quantitative estimate of drug-likeness (QED) is 0.643. The van der Waals surface area contributed by atoms with Crippen molar-refractivity contribution in [2.24, 2.45) is 16.6 Å². The third-order valence-corrected chi connectivity index (χ3v) is 3.81. The molecule has 0 bridgehead atoms. The predicted octanol–water partition coefficient (Wildman–Crippen LogP) is 2.93. The van der Waals surface area contributed by atoms with Crippen molar-refractivity contribution in [1.82, 2.24) is 5.32 Å². The number of hydrogen-bond donors (Lipinski definition) is 2. The van der Waals surface area contributed by atoms with Crippen LogP contribution in [0, 0.1) is 5.92 Å². The molecule has 1 aromatic rings. The Labute approximate surface area is 120 Å². The fourth-order valence-corrected chi connectivity index (χ4v) is 2.22. The summed E-state index contributed by atoms with van der Waals surface area (Å²) >= 11 is 5.92. The first kappa shape index (κ1) is 14.2. The van der Waals surface area contributed by atoms with Crippen LogP contribution in [0.3, 0.4) is 0 Å². The number of nitrogens with zero attached hydrogens (tertiary/aromatic N) is 1. The molecule has 0 amide bonds. The Bertz CT molecular complexity index is 447. The molecule has 0 radical (unpaired) electrons. The maximum atomic E-state index is 5.92. The Morgan fingerprint density at radius 3 is 2.53 bits per heavy atom. The molecule has 1 aliphatic rings. The minimum absolute atomic E-state index is 0.189. The van der Waals surface area contributed by atoms with Crippen LogP contribution in [0.1, 0.15) is 32.3 Å². The molecule has 4 heteroatoms. The number of nitrogens with two attached hydrogens (primary N) is 1. The average Bonchev–Trinajstić information content (AvgIpc) is 3.16. The fourth-order valence-electron chi connectivity index (χ4n) is 2.09. The highest BCUT2D eigenvalue weighted by Crippen LogP contribution is 2.48. The zero-order valence-corrected chi connectivity index (χ0v) is 12.4. The van der Waals surface area contributed by atoms with Crippen molar-refractivity contribution in [3.63, 3.8) is 0 Å². The van der Waals surface area contributed by atoms with E-state index in [0.29, 0.717) is 11.9 Å². The second kappa shape index (κ2) is 5.83. The molecule has 0 saturated heterocycles. The molecular formula is C15H22ClN3. The molecule has 0 aromatic heterocycles. The summed E-state index contributed by atoms with van der Waals surface area (Å²) in [4.78, 5) is 4.48. The first-order chi connectivity index (χ1) is 9.02. The monoisotopic (exact) mass is 279 g/mol. The summed E-state index contributed by atoms with van der Waals surface area (Å²) < 4.78 is 0. The number of nitrogens with one attached hydrogen (secondary N) is 1. The van der Waals surface area contributed by atoms with Crippen LogP contribution in [-0.4, -0.2) is 19.0 Å². The first-order valence-corrected chi connectivity index (χ1v) is 7.19. The molecule has 1 aromatic carbocycles. The molecule has 1 saturated carbocycles. The Morgan fingerprint density at radius 2 is 2.00 bits per heavy atom. The third-order valence-electron chi connectivity index (χ3n) is 3.55. The van der Waals surface area contributed by atoms with Gasteiger partial charge in [0.1, 0.15) is 0 Å². The van der Waals surface area contributed by atoms with Crippen molar-refractivity contribution in [2.75, 3.05) is 13.1 Å². The lowest BCUT2D eigenvalue weighted by atomic mass is 9.96. The Morgan fingerprint density at radius 1 is 1.37 bits per heavy atom. The molecule has 0 unspecified atom stereocenters. The topological polar surface area (TPSA) is 50.4 Å². The van der Waals surface area contributed by atoms with Crippen molar-refractivity contribution >= 4 is 17.6 Å². The van der Waals surface area contributed by atoms with Crippen LogP contribution >= 0.6 is 11.6 Å². The minimum atomic E-state index is 0.189. The summed E-state index contributed by atoms with van der Waals surface area (Å²) in [5, 5.41) is 3.93. The van der Waals surface area contributed by atoms with E-state index in [1.165, 1.54) is 18.4 Å². The van der Waals surface area contributed by atoms with E-state index in [1.807, 2.05) is 12.1 Å². The van der Waals surface area contributed by atoms with Crippen molar-refractivity contribution in [2.45, 2.75) is 32.1 Å². The lowest BCUT2D eigenvalue weighted by molar-refractivity contribution is 0.619. The summed E-state index contributed by atoms with van der Waals surface area (Å²) in [6.45, 7) is 5.92. The van der Waals surface area contributed by atoms with Crippen molar-refractivity contribution in [3.05, 3.63) is 34.9 Å². The maximum absolute atomic E-state index is 5.92. The normalized spacial score (nSPS) is 17.6. The number of halogens is 1. The molecule has 3 N–H and O–H groups in total. The van der Waals surface area contributed by atoms with Crippen molar-refractivity contribution < 1.29 is 0 Å². The van der Waals surface area contributed by atoms with Gasteiger partial charge >= 0.3 is 0 Å². The lowest BCUT2D eigenvalue weighted by Crippen LogP contribution is -2.35. The van der Waals surface area contributed by atoms with Gasteiger partial charge < -0.3 is 11.1 Å². The lowest BCUT2D eigenvalue weighted by Gasteiger charge is -2.14. The molecule has 3 nitrogen and oxygen atoms in total. The molecule has 1 fully saturated rings. The summed E-state index contributed by atoms with van der Waals surface area (Å²) in [7, 11) is 0. The highest BCUT2D eigenvalue weighted by atomic mass is 35.5. The summed E-state index contributed by atoms with van der Waals surface area (Å²) in [6, 6.07) is 8.09. The molecule has 0 spiro atoms. The Hall–Kier alpha value is -1.22. The van der Waals surface area contributed by atoms with Gasteiger partial charge in [0, 0.05) is 17.0 Å². The van der Waals surface area contributed by atoms with Gasteiger partial charge in [-0.2, -0.15) is 0 Å². The summed E-state index contributed by atoms with van der Waals surface area (Å²) in [6.07, 6.45) is 2.35. The first-order valence-electron chi connectivity index (χ1n) is 6.82.